The first-order chi connectivity index (χ1) is 9.24. The number of nitrogens with one attached hydrogen (secondary N) is 1. The van der Waals surface area contributed by atoms with E-state index < -0.39 is 0 Å². The Morgan fingerprint density at radius 3 is 3.05 bits per heavy atom. The summed E-state index contributed by atoms with van der Waals surface area (Å²) in [6.45, 7) is 4.62. The number of aryl methyl sites for hydroxylation is 2. The van der Waals surface area contributed by atoms with E-state index in [1.54, 1.807) is 0 Å². The summed E-state index contributed by atoms with van der Waals surface area (Å²) >= 11 is 0. The molecule has 1 atom stereocenters. The number of rotatable bonds is 4. The van der Waals surface area contributed by atoms with Gasteiger partial charge in [0.05, 0.1) is 12.3 Å². The second kappa shape index (κ2) is 5.05. The lowest BCUT2D eigenvalue weighted by molar-refractivity contribution is 0.326. The fourth-order valence-corrected chi connectivity index (χ4v) is 2.60. The summed E-state index contributed by atoms with van der Waals surface area (Å²) in [6, 6.07) is 8.30. The molecule has 0 amide bonds. The van der Waals surface area contributed by atoms with E-state index in [1.165, 1.54) is 11.1 Å². The number of benzene rings is 1. The topological polar surface area (TPSA) is 39.1 Å². The third kappa shape index (κ3) is 2.49. The Morgan fingerprint density at radius 2 is 2.26 bits per heavy atom. The predicted molar refractivity (Wildman–Crippen MR) is 74.3 cm³/mol. The standard InChI is InChI=1S/C15H19N3O/c1-11-12(9-18(2)17-11)7-16-8-13-10-19-15-6-4-3-5-14(13)15/h3-6,9,13,16H,7-8,10H2,1-2H3. The average Bonchev–Trinajstić information content (AvgIpc) is 2.94. The molecular formula is C15H19N3O. The van der Waals surface area contributed by atoms with E-state index >= 15 is 0 Å². The summed E-state index contributed by atoms with van der Waals surface area (Å²) in [6.07, 6.45) is 2.07. The van der Waals surface area contributed by atoms with Gasteiger partial charge in [-0.3, -0.25) is 4.68 Å². The van der Waals surface area contributed by atoms with E-state index in [4.69, 9.17) is 4.74 Å². The summed E-state index contributed by atoms with van der Waals surface area (Å²) in [4.78, 5) is 0. The molecule has 0 radical (unpaired) electrons. The Bertz CT molecular complexity index is 577. The molecule has 0 saturated carbocycles. The zero-order chi connectivity index (χ0) is 13.2. The van der Waals surface area contributed by atoms with Crippen LogP contribution >= 0.6 is 0 Å². The number of aromatic nitrogens is 2. The van der Waals surface area contributed by atoms with E-state index in [9.17, 15) is 0 Å². The molecule has 1 N–H and O–H groups in total. The fourth-order valence-electron chi connectivity index (χ4n) is 2.60. The van der Waals surface area contributed by atoms with Crippen LogP contribution in [-0.4, -0.2) is 22.9 Å². The summed E-state index contributed by atoms with van der Waals surface area (Å²) in [7, 11) is 1.96. The highest BCUT2D eigenvalue weighted by Crippen LogP contribution is 2.32. The molecule has 1 aromatic carbocycles. The van der Waals surface area contributed by atoms with E-state index in [-0.39, 0.29) is 0 Å². The molecule has 1 unspecified atom stereocenters. The summed E-state index contributed by atoms with van der Waals surface area (Å²) in [5.74, 6) is 1.49. The molecule has 2 heterocycles. The largest absolute Gasteiger partial charge is 0.493 e. The predicted octanol–water partition coefficient (Wildman–Crippen LogP) is 1.99. The molecule has 0 aliphatic carbocycles. The van der Waals surface area contributed by atoms with Crippen LogP contribution < -0.4 is 10.1 Å². The van der Waals surface area contributed by atoms with Crippen molar-refractivity contribution in [2.24, 2.45) is 7.05 Å². The van der Waals surface area contributed by atoms with Crippen LogP contribution in [0.25, 0.3) is 0 Å². The average molecular weight is 257 g/mol. The van der Waals surface area contributed by atoms with Gasteiger partial charge in [-0.2, -0.15) is 5.10 Å². The van der Waals surface area contributed by atoms with Gasteiger partial charge in [0.15, 0.2) is 0 Å². The number of ether oxygens (including phenoxy) is 1. The molecular weight excluding hydrogens is 238 g/mol. The lowest BCUT2D eigenvalue weighted by Gasteiger charge is -2.10. The minimum absolute atomic E-state index is 0.452. The maximum absolute atomic E-state index is 5.69. The van der Waals surface area contributed by atoms with Crippen LogP contribution in [0.15, 0.2) is 30.5 Å². The van der Waals surface area contributed by atoms with Crippen LogP contribution in [0.2, 0.25) is 0 Å². The van der Waals surface area contributed by atoms with Gasteiger partial charge < -0.3 is 10.1 Å². The molecule has 0 spiro atoms. The van der Waals surface area contributed by atoms with E-state index in [0.717, 1.165) is 31.1 Å². The maximum atomic E-state index is 5.69. The van der Waals surface area contributed by atoms with Gasteiger partial charge in [0.2, 0.25) is 0 Å². The molecule has 3 rings (SSSR count). The van der Waals surface area contributed by atoms with Crippen molar-refractivity contribution in [1.82, 2.24) is 15.1 Å². The first-order valence-electron chi connectivity index (χ1n) is 6.65. The zero-order valence-electron chi connectivity index (χ0n) is 11.4. The first-order valence-corrected chi connectivity index (χ1v) is 6.65. The van der Waals surface area contributed by atoms with Crippen molar-refractivity contribution in [3.63, 3.8) is 0 Å². The van der Waals surface area contributed by atoms with Crippen LogP contribution in [-0.2, 0) is 13.6 Å². The third-order valence-corrected chi connectivity index (χ3v) is 3.62. The monoisotopic (exact) mass is 257 g/mol. The van der Waals surface area contributed by atoms with Crippen molar-refractivity contribution in [2.45, 2.75) is 19.4 Å². The second-order valence-electron chi connectivity index (χ2n) is 5.09. The number of fused-ring (bicyclic) bond motifs is 1. The van der Waals surface area contributed by atoms with Crippen molar-refractivity contribution >= 4 is 0 Å². The van der Waals surface area contributed by atoms with Crippen molar-refractivity contribution in [2.75, 3.05) is 13.2 Å². The first kappa shape index (κ1) is 12.2. The molecule has 1 aliphatic heterocycles. The Balaban J connectivity index is 1.58. The quantitative estimate of drug-likeness (QED) is 0.910. The molecule has 0 saturated heterocycles. The van der Waals surface area contributed by atoms with Crippen molar-refractivity contribution in [1.29, 1.82) is 0 Å². The van der Waals surface area contributed by atoms with Gasteiger partial charge in [-0.15, -0.1) is 0 Å². The molecule has 4 heteroatoms. The molecule has 100 valence electrons. The lowest BCUT2D eigenvalue weighted by Crippen LogP contribution is -2.22. The highest BCUT2D eigenvalue weighted by Gasteiger charge is 2.22. The molecule has 1 aliphatic rings. The maximum Gasteiger partial charge on any atom is 0.122 e. The number of hydrogen-bond donors (Lipinski definition) is 1. The van der Waals surface area contributed by atoms with Crippen molar-refractivity contribution in [3.05, 3.63) is 47.3 Å². The Kier molecular flexibility index (Phi) is 3.25. The molecule has 0 fully saturated rings. The van der Waals surface area contributed by atoms with Gasteiger partial charge in [-0.05, 0) is 13.0 Å². The van der Waals surface area contributed by atoms with E-state index in [0.29, 0.717) is 5.92 Å². The normalized spacial score (nSPS) is 17.3. The van der Waals surface area contributed by atoms with Crippen molar-refractivity contribution in [3.8, 4) is 5.75 Å². The van der Waals surface area contributed by atoms with Crippen LogP contribution in [0.5, 0.6) is 5.75 Å². The van der Waals surface area contributed by atoms with Gasteiger partial charge >= 0.3 is 0 Å². The molecule has 1 aromatic heterocycles. The second-order valence-corrected chi connectivity index (χ2v) is 5.09. The van der Waals surface area contributed by atoms with Crippen LogP contribution in [0.4, 0.5) is 0 Å². The summed E-state index contributed by atoms with van der Waals surface area (Å²) in [5.41, 5.74) is 3.67. The number of hydrogen-bond acceptors (Lipinski definition) is 3. The molecule has 19 heavy (non-hydrogen) atoms. The highest BCUT2D eigenvalue weighted by atomic mass is 16.5. The minimum Gasteiger partial charge on any atom is -0.493 e. The van der Waals surface area contributed by atoms with Crippen LogP contribution in [0.3, 0.4) is 0 Å². The Labute approximate surface area is 113 Å². The SMILES string of the molecule is Cc1nn(C)cc1CNCC1COc2ccccc21. The van der Waals surface area contributed by atoms with Gasteiger partial charge in [0, 0.05) is 43.4 Å². The van der Waals surface area contributed by atoms with Gasteiger partial charge in [-0.25, -0.2) is 0 Å². The van der Waals surface area contributed by atoms with Crippen LogP contribution in [0, 0.1) is 6.92 Å². The molecule has 2 aromatic rings. The Morgan fingerprint density at radius 1 is 1.42 bits per heavy atom. The summed E-state index contributed by atoms with van der Waals surface area (Å²) in [5, 5.41) is 7.85. The highest BCUT2D eigenvalue weighted by molar-refractivity contribution is 5.39. The third-order valence-electron chi connectivity index (χ3n) is 3.62. The molecule has 4 nitrogen and oxygen atoms in total. The van der Waals surface area contributed by atoms with Gasteiger partial charge in [0.1, 0.15) is 5.75 Å². The molecule has 0 bridgehead atoms. The van der Waals surface area contributed by atoms with Gasteiger partial charge in [0.25, 0.3) is 0 Å². The van der Waals surface area contributed by atoms with Crippen LogP contribution in [0.1, 0.15) is 22.7 Å². The number of nitrogens with zero attached hydrogens (tertiary/aromatic N) is 2. The van der Waals surface area contributed by atoms with Crippen molar-refractivity contribution < 1.29 is 4.74 Å². The summed E-state index contributed by atoms with van der Waals surface area (Å²) < 4.78 is 7.55. The smallest absolute Gasteiger partial charge is 0.122 e. The van der Waals surface area contributed by atoms with E-state index in [1.807, 2.05) is 30.8 Å². The van der Waals surface area contributed by atoms with E-state index in [2.05, 4.69) is 28.7 Å². The lowest BCUT2D eigenvalue weighted by atomic mass is 10.0. The zero-order valence-corrected chi connectivity index (χ0v) is 11.4. The minimum atomic E-state index is 0.452. The van der Waals surface area contributed by atoms with Gasteiger partial charge in [-0.1, -0.05) is 18.2 Å². The number of para-hydroxylation sites is 1. The Hall–Kier alpha value is -1.81. The fraction of sp³-hybridized carbons (Fsp3) is 0.400.